The molecule has 0 bridgehead atoms. The summed E-state index contributed by atoms with van der Waals surface area (Å²) in [5.41, 5.74) is 2.16. The van der Waals surface area contributed by atoms with Crippen LogP contribution in [-0.4, -0.2) is 31.2 Å². The van der Waals surface area contributed by atoms with Crippen molar-refractivity contribution in [3.8, 4) is 5.75 Å². The minimum Gasteiger partial charge on any atom is -0.507 e. The van der Waals surface area contributed by atoms with Crippen molar-refractivity contribution in [2.45, 2.75) is 11.3 Å². The molecular formula is C21H17N3O5S. The van der Waals surface area contributed by atoms with Gasteiger partial charge >= 0.3 is 0 Å². The van der Waals surface area contributed by atoms with E-state index in [0.717, 1.165) is 5.56 Å². The second-order valence-corrected chi connectivity index (χ2v) is 8.57. The first-order valence-electron chi connectivity index (χ1n) is 9.08. The molecule has 152 valence electrons. The number of para-hydroxylation sites is 1. The fourth-order valence-corrected chi connectivity index (χ4v) is 4.80. The van der Waals surface area contributed by atoms with E-state index in [-0.39, 0.29) is 21.9 Å². The van der Waals surface area contributed by atoms with E-state index in [9.17, 15) is 23.6 Å². The first-order chi connectivity index (χ1) is 14.4. The van der Waals surface area contributed by atoms with E-state index >= 15 is 0 Å². The van der Waals surface area contributed by atoms with Gasteiger partial charge in [-0.3, -0.25) is 19.4 Å². The number of hydrogen-bond acceptors (Lipinski definition) is 6. The van der Waals surface area contributed by atoms with Gasteiger partial charge in [0.05, 0.1) is 21.2 Å². The van der Waals surface area contributed by atoms with E-state index in [1.165, 1.54) is 40.9 Å². The van der Waals surface area contributed by atoms with Gasteiger partial charge in [-0.25, -0.2) is 8.42 Å². The quantitative estimate of drug-likeness (QED) is 0.381. The number of rotatable bonds is 5. The zero-order valence-corrected chi connectivity index (χ0v) is 16.5. The summed E-state index contributed by atoms with van der Waals surface area (Å²) in [7, 11) is -3.69. The lowest BCUT2D eigenvalue weighted by Gasteiger charge is -2.19. The summed E-state index contributed by atoms with van der Waals surface area (Å²) < 4.78 is 27.5. The number of aromatic hydroxyl groups is 1. The molecule has 8 nitrogen and oxygen atoms in total. The van der Waals surface area contributed by atoms with Crippen LogP contribution in [0.1, 0.15) is 11.1 Å². The fourth-order valence-electron chi connectivity index (χ4n) is 3.29. The largest absolute Gasteiger partial charge is 0.507 e. The smallest absolute Gasteiger partial charge is 0.270 e. The molecule has 0 fully saturated rings. The van der Waals surface area contributed by atoms with Gasteiger partial charge in [0.25, 0.3) is 15.7 Å². The lowest BCUT2D eigenvalue weighted by atomic mass is 10.2. The predicted molar refractivity (Wildman–Crippen MR) is 113 cm³/mol. The van der Waals surface area contributed by atoms with Crippen molar-refractivity contribution < 1.29 is 18.4 Å². The lowest BCUT2D eigenvalue weighted by molar-refractivity contribution is -0.384. The molecule has 9 heteroatoms. The average Bonchev–Trinajstić information content (AvgIpc) is 3.18. The maximum atomic E-state index is 13.0. The Labute approximate surface area is 172 Å². The van der Waals surface area contributed by atoms with Crippen LogP contribution in [0.4, 0.5) is 17.1 Å². The molecule has 0 aromatic heterocycles. The van der Waals surface area contributed by atoms with E-state index in [4.69, 9.17) is 0 Å². The second-order valence-electron chi connectivity index (χ2n) is 6.71. The van der Waals surface area contributed by atoms with E-state index in [1.807, 2.05) is 18.2 Å². The summed E-state index contributed by atoms with van der Waals surface area (Å²) in [6, 6.07) is 17.1. The van der Waals surface area contributed by atoms with Crippen LogP contribution in [0.2, 0.25) is 0 Å². The molecule has 0 aliphatic carbocycles. The Morgan fingerprint density at radius 3 is 2.53 bits per heavy atom. The number of benzene rings is 3. The summed E-state index contributed by atoms with van der Waals surface area (Å²) >= 11 is 0. The van der Waals surface area contributed by atoms with E-state index in [2.05, 4.69) is 4.99 Å². The van der Waals surface area contributed by atoms with E-state index in [0.29, 0.717) is 24.3 Å². The van der Waals surface area contributed by atoms with Crippen molar-refractivity contribution >= 4 is 33.3 Å². The van der Waals surface area contributed by atoms with Gasteiger partial charge < -0.3 is 5.11 Å². The van der Waals surface area contributed by atoms with Crippen molar-refractivity contribution in [2.75, 3.05) is 10.8 Å². The highest BCUT2D eigenvalue weighted by atomic mass is 32.2. The minimum atomic E-state index is -3.69. The fraction of sp³-hybridized carbons (Fsp3) is 0.0952. The predicted octanol–water partition coefficient (Wildman–Crippen LogP) is 3.80. The summed E-state index contributed by atoms with van der Waals surface area (Å²) in [5.74, 6) is -0.142. The van der Waals surface area contributed by atoms with Crippen molar-refractivity contribution in [1.29, 1.82) is 0 Å². The molecule has 0 saturated heterocycles. The van der Waals surface area contributed by atoms with Gasteiger partial charge in [0.15, 0.2) is 0 Å². The number of nitro groups is 1. The summed E-state index contributed by atoms with van der Waals surface area (Å²) in [6.07, 6.45) is 1.97. The molecule has 0 spiro atoms. The number of aliphatic imine (C=N–C) groups is 1. The van der Waals surface area contributed by atoms with E-state index < -0.39 is 14.9 Å². The molecule has 1 heterocycles. The van der Waals surface area contributed by atoms with Crippen molar-refractivity contribution in [3.05, 3.63) is 88.0 Å². The molecule has 1 aliphatic heterocycles. The number of fused-ring (bicyclic) bond motifs is 1. The van der Waals surface area contributed by atoms with Gasteiger partial charge in [0.2, 0.25) is 0 Å². The van der Waals surface area contributed by atoms with Crippen LogP contribution in [0.25, 0.3) is 0 Å². The molecule has 3 aromatic carbocycles. The minimum absolute atomic E-state index is 0.142. The third-order valence-electron chi connectivity index (χ3n) is 4.84. The molecule has 0 amide bonds. The number of nitrogens with zero attached hydrogens (tertiary/aromatic N) is 3. The molecule has 4 rings (SSSR count). The van der Waals surface area contributed by atoms with Gasteiger partial charge in [-0.05, 0) is 48.4 Å². The zero-order chi connectivity index (χ0) is 21.3. The first-order valence-corrected chi connectivity index (χ1v) is 10.5. The number of nitro benzene ring substituents is 1. The van der Waals surface area contributed by atoms with Crippen LogP contribution in [0.3, 0.4) is 0 Å². The second kappa shape index (κ2) is 7.60. The topological polar surface area (TPSA) is 113 Å². The Balaban J connectivity index is 1.57. The number of hydrogen-bond donors (Lipinski definition) is 1. The molecule has 0 unspecified atom stereocenters. The van der Waals surface area contributed by atoms with Gasteiger partial charge in [-0.1, -0.05) is 18.2 Å². The molecule has 0 atom stereocenters. The number of phenols is 1. The summed E-state index contributed by atoms with van der Waals surface area (Å²) in [5, 5.41) is 20.7. The SMILES string of the molecule is O=[N+]([O-])c1ccc(O)c(C=Nc2ccc(S(=O)(=O)N3CCc4ccccc43)cc2)c1. The molecule has 0 radical (unpaired) electrons. The summed E-state index contributed by atoms with van der Waals surface area (Å²) in [4.78, 5) is 14.6. The molecule has 0 saturated carbocycles. The molecule has 3 aromatic rings. The van der Waals surface area contributed by atoms with Crippen molar-refractivity contribution in [2.24, 2.45) is 4.99 Å². The molecule has 1 N–H and O–H groups in total. The highest BCUT2D eigenvalue weighted by molar-refractivity contribution is 7.92. The van der Waals surface area contributed by atoms with Crippen LogP contribution in [0.5, 0.6) is 5.75 Å². The van der Waals surface area contributed by atoms with Gasteiger partial charge in [0.1, 0.15) is 5.75 Å². The average molecular weight is 423 g/mol. The molecule has 30 heavy (non-hydrogen) atoms. The van der Waals surface area contributed by atoms with Gasteiger partial charge in [0, 0.05) is 30.5 Å². The highest BCUT2D eigenvalue weighted by Gasteiger charge is 2.30. The van der Waals surface area contributed by atoms with Crippen LogP contribution >= 0.6 is 0 Å². The number of anilines is 1. The highest BCUT2D eigenvalue weighted by Crippen LogP contribution is 2.33. The maximum Gasteiger partial charge on any atom is 0.270 e. The van der Waals surface area contributed by atoms with Gasteiger partial charge in [-0.15, -0.1) is 0 Å². The normalized spacial score (nSPS) is 13.5. The molecular weight excluding hydrogens is 406 g/mol. The maximum absolute atomic E-state index is 13.0. The third-order valence-corrected chi connectivity index (χ3v) is 6.67. The Hall–Kier alpha value is -3.72. The standard InChI is InChI=1S/C21H17N3O5S/c25-21-10-7-18(24(26)27)13-16(21)14-22-17-5-8-19(9-6-17)30(28,29)23-12-11-15-3-1-2-4-20(15)23/h1-10,13-14,25H,11-12H2. The Kier molecular flexibility index (Phi) is 4.96. The summed E-state index contributed by atoms with van der Waals surface area (Å²) in [6.45, 7) is 0.396. The van der Waals surface area contributed by atoms with Crippen LogP contribution < -0.4 is 4.31 Å². The monoisotopic (exact) mass is 423 g/mol. The number of sulfonamides is 1. The van der Waals surface area contributed by atoms with Crippen molar-refractivity contribution in [1.82, 2.24) is 0 Å². The van der Waals surface area contributed by atoms with Crippen LogP contribution in [-0.2, 0) is 16.4 Å². The number of non-ortho nitro benzene ring substituents is 1. The zero-order valence-electron chi connectivity index (χ0n) is 15.7. The number of phenolic OH excluding ortho intramolecular Hbond substituents is 1. The molecule has 1 aliphatic rings. The van der Waals surface area contributed by atoms with Crippen LogP contribution in [0.15, 0.2) is 76.6 Å². The lowest BCUT2D eigenvalue weighted by Crippen LogP contribution is -2.29. The Bertz CT molecular complexity index is 1250. The Morgan fingerprint density at radius 1 is 1.07 bits per heavy atom. The first kappa shape index (κ1) is 19.6. The van der Waals surface area contributed by atoms with Crippen molar-refractivity contribution in [3.63, 3.8) is 0 Å². The van der Waals surface area contributed by atoms with E-state index in [1.54, 1.807) is 18.2 Å². The third kappa shape index (κ3) is 3.62. The Morgan fingerprint density at radius 2 is 1.80 bits per heavy atom. The van der Waals surface area contributed by atoms with Gasteiger partial charge in [-0.2, -0.15) is 0 Å². The van der Waals surface area contributed by atoms with Crippen LogP contribution in [0, 0.1) is 10.1 Å².